The first-order valence-electron chi connectivity index (χ1n) is 6.98. The lowest BCUT2D eigenvalue weighted by molar-refractivity contribution is 0.198. The maximum absolute atomic E-state index is 6.16. The normalized spacial score (nSPS) is 15.7. The number of hydrogen-bond acceptors (Lipinski definition) is 3. The van der Waals surface area contributed by atoms with Gasteiger partial charge in [0.1, 0.15) is 0 Å². The fourth-order valence-electron chi connectivity index (χ4n) is 2.47. The third kappa shape index (κ3) is 3.77. The Hall–Kier alpha value is -0.930. The van der Waals surface area contributed by atoms with Gasteiger partial charge in [0.15, 0.2) is 11.5 Å². The lowest BCUT2D eigenvalue weighted by Crippen LogP contribution is -2.17. The van der Waals surface area contributed by atoms with Gasteiger partial charge in [0, 0.05) is 23.2 Å². The zero-order valence-electron chi connectivity index (χ0n) is 11.7. The highest BCUT2D eigenvalue weighted by Crippen LogP contribution is 2.37. The summed E-state index contributed by atoms with van der Waals surface area (Å²) in [4.78, 5) is 0. The molecule has 106 valence electrons. The first-order valence-corrected chi connectivity index (χ1v) is 7.36. The second kappa shape index (κ2) is 7.01. The number of methoxy groups -OCH3 is 1. The molecule has 0 bridgehead atoms. The summed E-state index contributed by atoms with van der Waals surface area (Å²) < 4.78 is 11.6. The van der Waals surface area contributed by atoms with Crippen LogP contribution in [0.4, 0.5) is 0 Å². The summed E-state index contributed by atoms with van der Waals surface area (Å²) in [7, 11) is 1.66. The molecule has 0 heterocycles. The number of hydrogen-bond donors (Lipinski definition) is 1. The van der Waals surface area contributed by atoms with Crippen molar-refractivity contribution < 1.29 is 9.47 Å². The van der Waals surface area contributed by atoms with E-state index in [1.165, 1.54) is 12.8 Å². The molecule has 0 atom stereocenters. The quantitative estimate of drug-likeness (QED) is 0.862. The highest BCUT2D eigenvalue weighted by Gasteiger charge is 2.21. The van der Waals surface area contributed by atoms with E-state index < -0.39 is 0 Å². The van der Waals surface area contributed by atoms with Crippen LogP contribution in [0.5, 0.6) is 11.5 Å². The van der Waals surface area contributed by atoms with E-state index in [0.717, 1.165) is 43.0 Å². The molecule has 0 aliphatic heterocycles. The topological polar surface area (TPSA) is 30.5 Å². The lowest BCUT2D eigenvalue weighted by atomic mass is 10.1. The summed E-state index contributed by atoms with van der Waals surface area (Å²) in [6.07, 6.45) is 5.08. The van der Waals surface area contributed by atoms with Gasteiger partial charge in [-0.05, 0) is 38.3 Å². The third-order valence-corrected chi connectivity index (χ3v) is 3.69. The van der Waals surface area contributed by atoms with E-state index in [9.17, 15) is 0 Å². The van der Waals surface area contributed by atoms with Gasteiger partial charge < -0.3 is 14.8 Å². The molecule has 1 aromatic rings. The van der Waals surface area contributed by atoms with Crippen LogP contribution in [0.3, 0.4) is 0 Å². The minimum Gasteiger partial charge on any atom is -0.493 e. The number of benzene rings is 1. The SMILES string of the molecule is CCNCc1cc(Cl)cc(OC)c1OC1CCCC1. The Bertz CT molecular complexity index is 417. The molecule has 0 aromatic heterocycles. The predicted molar refractivity (Wildman–Crippen MR) is 78.3 cm³/mol. The molecule has 2 rings (SSSR count). The highest BCUT2D eigenvalue weighted by molar-refractivity contribution is 6.30. The van der Waals surface area contributed by atoms with Gasteiger partial charge in [-0.3, -0.25) is 0 Å². The smallest absolute Gasteiger partial charge is 0.166 e. The van der Waals surface area contributed by atoms with E-state index in [2.05, 4.69) is 12.2 Å². The molecule has 1 fully saturated rings. The molecule has 0 radical (unpaired) electrons. The van der Waals surface area contributed by atoms with E-state index in [-0.39, 0.29) is 0 Å². The highest BCUT2D eigenvalue weighted by atomic mass is 35.5. The summed E-state index contributed by atoms with van der Waals surface area (Å²) in [5.41, 5.74) is 1.07. The molecule has 0 amide bonds. The van der Waals surface area contributed by atoms with Crippen molar-refractivity contribution in [3.05, 3.63) is 22.7 Å². The standard InChI is InChI=1S/C15H22ClNO2/c1-3-17-10-11-8-12(16)9-14(18-2)15(11)19-13-6-4-5-7-13/h8-9,13,17H,3-7,10H2,1-2H3. The molecule has 1 aromatic carbocycles. The molecule has 1 saturated carbocycles. The van der Waals surface area contributed by atoms with Gasteiger partial charge in [0.2, 0.25) is 0 Å². The molecular formula is C15H22ClNO2. The van der Waals surface area contributed by atoms with Crippen LogP contribution < -0.4 is 14.8 Å². The number of halogens is 1. The molecule has 1 N–H and O–H groups in total. The van der Waals surface area contributed by atoms with Crippen LogP contribution in [0.2, 0.25) is 5.02 Å². The zero-order valence-corrected chi connectivity index (χ0v) is 12.4. The van der Waals surface area contributed by atoms with Gasteiger partial charge >= 0.3 is 0 Å². The Morgan fingerprint density at radius 3 is 2.68 bits per heavy atom. The van der Waals surface area contributed by atoms with Crippen LogP contribution in [0, 0.1) is 0 Å². The van der Waals surface area contributed by atoms with Crippen molar-refractivity contribution in [1.29, 1.82) is 0 Å². The molecule has 0 unspecified atom stereocenters. The van der Waals surface area contributed by atoms with Gasteiger partial charge in [-0.1, -0.05) is 18.5 Å². The van der Waals surface area contributed by atoms with Crippen LogP contribution in [-0.4, -0.2) is 19.8 Å². The molecule has 3 nitrogen and oxygen atoms in total. The van der Waals surface area contributed by atoms with Crippen molar-refractivity contribution in [2.45, 2.75) is 45.3 Å². The van der Waals surface area contributed by atoms with Crippen molar-refractivity contribution in [1.82, 2.24) is 5.32 Å². The van der Waals surface area contributed by atoms with Crippen LogP contribution >= 0.6 is 11.6 Å². The number of ether oxygens (including phenoxy) is 2. The van der Waals surface area contributed by atoms with Crippen molar-refractivity contribution in [2.24, 2.45) is 0 Å². The monoisotopic (exact) mass is 283 g/mol. The summed E-state index contributed by atoms with van der Waals surface area (Å²) in [6, 6.07) is 3.78. The Morgan fingerprint density at radius 1 is 1.32 bits per heavy atom. The summed E-state index contributed by atoms with van der Waals surface area (Å²) in [5.74, 6) is 1.58. The van der Waals surface area contributed by atoms with Crippen LogP contribution in [0.25, 0.3) is 0 Å². The minimum absolute atomic E-state index is 0.315. The van der Waals surface area contributed by atoms with E-state index in [4.69, 9.17) is 21.1 Å². The lowest BCUT2D eigenvalue weighted by Gasteiger charge is -2.19. The van der Waals surface area contributed by atoms with Crippen molar-refractivity contribution in [3.8, 4) is 11.5 Å². The maximum Gasteiger partial charge on any atom is 0.166 e. The summed E-state index contributed by atoms with van der Waals surface area (Å²) in [5, 5.41) is 4.00. The maximum atomic E-state index is 6.16. The molecule has 4 heteroatoms. The molecular weight excluding hydrogens is 262 g/mol. The first-order chi connectivity index (χ1) is 9.24. The first kappa shape index (κ1) is 14.5. The number of rotatable bonds is 6. The largest absolute Gasteiger partial charge is 0.493 e. The fraction of sp³-hybridized carbons (Fsp3) is 0.600. The summed E-state index contributed by atoms with van der Waals surface area (Å²) >= 11 is 6.13. The van der Waals surface area contributed by atoms with E-state index in [1.807, 2.05) is 12.1 Å². The fourth-order valence-corrected chi connectivity index (χ4v) is 2.70. The van der Waals surface area contributed by atoms with E-state index in [1.54, 1.807) is 7.11 Å². The second-order valence-corrected chi connectivity index (χ2v) is 5.34. The van der Waals surface area contributed by atoms with Gasteiger partial charge in [0.25, 0.3) is 0 Å². The minimum atomic E-state index is 0.315. The Labute approximate surface area is 120 Å². The van der Waals surface area contributed by atoms with Crippen LogP contribution in [-0.2, 0) is 6.54 Å². The number of nitrogens with one attached hydrogen (secondary N) is 1. The van der Waals surface area contributed by atoms with Crippen molar-refractivity contribution >= 4 is 11.6 Å². The molecule has 19 heavy (non-hydrogen) atoms. The Morgan fingerprint density at radius 2 is 2.05 bits per heavy atom. The van der Waals surface area contributed by atoms with E-state index in [0.29, 0.717) is 11.1 Å². The van der Waals surface area contributed by atoms with Gasteiger partial charge in [-0.2, -0.15) is 0 Å². The van der Waals surface area contributed by atoms with Gasteiger partial charge in [-0.15, -0.1) is 0 Å². The molecule has 1 aliphatic carbocycles. The second-order valence-electron chi connectivity index (χ2n) is 4.90. The predicted octanol–water partition coefficient (Wildman–Crippen LogP) is 3.78. The Balaban J connectivity index is 2.24. The molecule has 0 spiro atoms. The average molecular weight is 284 g/mol. The van der Waals surface area contributed by atoms with Crippen molar-refractivity contribution in [2.75, 3.05) is 13.7 Å². The average Bonchev–Trinajstić information content (AvgIpc) is 2.91. The van der Waals surface area contributed by atoms with Crippen LogP contribution in [0.15, 0.2) is 12.1 Å². The van der Waals surface area contributed by atoms with Crippen molar-refractivity contribution in [3.63, 3.8) is 0 Å². The zero-order chi connectivity index (χ0) is 13.7. The van der Waals surface area contributed by atoms with Gasteiger partial charge in [0.05, 0.1) is 13.2 Å². The molecule has 1 aliphatic rings. The summed E-state index contributed by atoms with van der Waals surface area (Å²) in [6.45, 7) is 3.74. The third-order valence-electron chi connectivity index (χ3n) is 3.47. The Kier molecular flexibility index (Phi) is 5.34. The van der Waals surface area contributed by atoms with Crippen LogP contribution in [0.1, 0.15) is 38.2 Å². The van der Waals surface area contributed by atoms with Gasteiger partial charge in [-0.25, -0.2) is 0 Å². The van der Waals surface area contributed by atoms with E-state index >= 15 is 0 Å². The molecule has 0 saturated heterocycles.